The summed E-state index contributed by atoms with van der Waals surface area (Å²) in [5, 5.41) is 23.4. The van der Waals surface area contributed by atoms with Gasteiger partial charge in [0.15, 0.2) is 11.7 Å². The number of nitrogens with two attached hydrogens (primary N) is 2. The molecule has 138 valence electrons. The molecule has 0 saturated carbocycles. The lowest BCUT2D eigenvalue weighted by Crippen LogP contribution is -2.12. The standard InChI is InChI=1S/C19H17N5O2.ClH/c20-18(23-25)14-5-1-12(2-6-14)16-9-10-17(22-11-16)13-3-7-15(8-4-13)19(21)24-26;/h1-11,25-26H,(H2,20,23)(H2,21,24);1H. The van der Waals surface area contributed by atoms with Gasteiger partial charge in [-0.05, 0) is 11.6 Å². The third kappa shape index (κ3) is 4.34. The van der Waals surface area contributed by atoms with Crippen LogP contribution in [0.1, 0.15) is 11.1 Å². The smallest absolute Gasteiger partial charge is 0.170 e. The highest BCUT2D eigenvalue weighted by molar-refractivity contribution is 5.98. The molecule has 0 fully saturated rings. The van der Waals surface area contributed by atoms with Gasteiger partial charge >= 0.3 is 0 Å². The number of oxime groups is 2. The van der Waals surface area contributed by atoms with Gasteiger partial charge in [-0.2, -0.15) is 0 Å². The summed E-state index contributed by atoms with van der Waals surface area (Å²) in [6.45, 7) is 0. The van der Waals surface area contributed by atoms with Crippen LogP contribution in [0.2, 0.25) is 0 Å². The second-order valence-corrected chi connectivity index (χ2v) is 5.56. The van der Waals surface area contributed by atoms with Crippen LogP contribution in [-0.2, 0) is 0 Å². The number of rotatable bonds is 4. The van der Waals surface area contributed by atoms with Crippen molar-refractivity contribution in [1.82, 2.24) is 4.98 Å². The third-order valence-electron chi connectivity index (χ3n) is 3.97. The Morgan fingerprint density at radius 3 is 1.52 bits per heavy atom. The van der Waals surface area contributed by atoms with Crippen molar-refractivity contribution >= 4 is 24.1 Å². The molecule has 0 atom stereocenters. The van der Waals surface area contributed by atoms with Gasteiger partial charge in [-0.3, -0.25) is 4.98 Å². The van der Waals surface area contributed by atoms with E-state index >= 15 is 0 Å². The lowest BCUT2D eigenvalue weighted by molar-refractivity contribution is 0.318. The van der Waals surface area contributed by atoms with E-state index in [1.165, 1.54) is 0 Å². The summed E-state index contributed by atoms with van der Waals surface area (Å²) in [7, 11) is 0. The number of hydrogen-bond donors (Lipinski definition) is 4. The highest BCUT2D eigenvalue weighted by atomic mass is 35.5. The number of benzene rings is 2. The molecule has 0 aliphatic rings. The molecular formula is C19H18ClN5O2. The predicted octanol–water partition coefficient (Wildman–Crippen LogP) is 3.03. The fourth-order valence-electron chi connectivity index (χ4n) is 2.50. The molecule has 0 amide bonds. The van der Waals surface area contributed by atoms with Crippen molar-refractivity contribution in [3.63, 3.8) is 0 Å². The summed E-state index contributed by atoms with van der Waals surface area (Å²) in [5.74, 6) is 0.135. The molecule has 7 nitrogen and oxygen atoms in total. The van der Waals surface area contributed by atoms with E-state index in [-0.39, 0.29) is 24.1 Å². The Bertz CT molecular complexity index is 872. The largest absolute Gasteiger partial charge is 0.409 e. The average molecular weight is 384 g/mol. The quantitative estimate of drug-likeness (QED) is 0.238. The van der Waals surface area contributed by atoms with Crippen molar-refractivity contribution in [2.24, 2.45) is 21.8 Å². The van der Waals surface area contributed by atoms with Crippen molar-refractivity contribution in [2.75, 3.05) is 0 Å². The van der Waals surface area contributed by atoms with Crippen molar-refractivity contribution in [3.05, 3.63) is 78.0 Å². The van der Waals surface area contributed by atoms with Gasteiger partial charge in [0, 0.05) is 28.5 Å². The van der Waals surface area contributed by atoms with Crippen LogP contribution in [0, 0.1) is 0 Å². The average Bonchev–Trinajstić information content (AvgIpc) is 2.73. The Hall–Kier alpha value is -3.58. The van der Waals surface area contributed by atoms with Crippen LogP contribution in [0.25, 0.3) is 22.4 Å². The number of halogens is 1. The molecule has 1 aromatic heterocycles. The van der Waals surface area contributed by atoms with Crippen molar-refractivity contribution < 1.29 is 10.4 Å². The monoisotopic (exact) mass is 383 g/mol. The van der Waals surface area contributed by atoms with Gasteiger partial charge < -0.3 is 21.9 Å². The molecule has 0 spiro atoms. The minimum atomic E-state index is 0. The zero-order valence-electron chi connectivity index (χ0n) is 14.1. The molecule has 6 N–H and O–H groups in total. The van der Waals surface area contributed by atoms with Crippen LogP contribution in [-0.4, -0.2) is 27.1 Å². The summed E-state index contributed by atoms with van der Waals surface area (Å²) in [6.07, 6.45) is 1.78. The molecule has 2 aromatic carbocycles. The van der Waals surface area contributed by atoms with Crippen LogP contribution >= 0.6 is 12.4 Å². The lowest BCUT2D eigenvalue weighted by Gasteiger charge is -2.06. The van der Waals surface area contributed by atoms with Gasteiger partial charge in [-0.25, -0.2) is 0 Å². The van der Waals surface area contributed by atoms with Gasteiger partial charge in [0.05, 0.1) is 5.69 Å². The molecule has 8 heteroatoms. The SMILES string of the molecule is Cl.N/C(=N\O)c1ccc(-c2ccc(-c3ccc(/C(N)=N/O)cc3)nc2)cc1. The molecule has 0 aliphatic heterocycles. The van der Waals surface area contributed by atoms with Gasteiger partial charge in [-0.1, -0.05) is 64.9 Å². The second kappa shape index (κ2) is 8.68. The fraction of sp³-hybridized carbons (Fsp3) is 0. The van der Waals surface area contributed by atoms with E-state index in [1.54, 1.807) is 30.5 Å². The summed E-state index contributed by atoms with van der Waals surface area (Å²) >= 11 is 0. The van der Waals surface area contributed by atoms with Gasteiger partial charge in [0.2, 0.25) is 0 Å². The van der Waals surface area contributed by atoms with Crippen molar-refractivity contribution in [1.29, 1.82) is 0 Å². The Morgan fingerprint density at radius 1 is 0.667 bits per heavy atom. The van der Waals surface area contributed by atoms with Crippen molar-refractivity contribution in [2.45, 2.75) is 0 Å². The zero-order valence-corrected chi connectivity index (χ0v) is 15.0. The number of amidine groups is 2. The maximum atomic E-state index is 8.70. The molecular weight excluding hydrogens is 366 g/mol. The minimum absolute atomic E-state index is 0. The maximum absolute atomic E-state index is 8.70. The van der Waals surface area contributed by atoms with Crippen LogP contribution < -0.4 is 11.5 Å². The van der Waals surface area contributed by atoms with E-state index in [0.29, 0.717) is 11.1 Å². The Kier molecular flexibility index (Phi) is 6.35. The van der Waals surface area contributed by atoms with Crippen LogP contribution in [0.4, 0.5) is 0 Å². The topological polar surface area (TPSA) is 130 Å². The normalized spacial score (nSPS) is 11.7. The molecule has 1 heterocycles. The van der Waals surface area contributed by atoms with E-state index in [9.17, 15) is 0 Å². The number of aromatic nitrogens is 1. The third-order valence-corrected chi connectivity index (χ3v) is 3.97. The van der Waals surface area contributed by atoms with E-state index in [1.807, 2.05) is 36.4 Å². The van der Waals surface area contributed by atoms with Crippen LogP contribution in [0.15, 0.2) is 77.2 Å². The molecule has 3 aromatic rings. The van der Waals surface area contributed by atoms with Gasteiger partial charge in [-0.15, -0.1) is 12.4 Å². The van der Waals surface area contributed by atoms with Crippen molar-refractivity contribution in [3.8, 4) is 22.4 Å². The summed E-state index contributed by atoms with van der Waals surface area (Å²) in [4.78, 5) is 4.49. The zero-order chi connectivity index (χ0) is 18.5. The second-order valence-electron chi connectivity index (χ2n) is 5.56. The first-order valence-electron chi connectivity index (χ1n) is 7.75. The van der Waals surface area contributed by atoms with E-state index in [4.69, 9.17) is 21.9 Å². The molecule has 0 saturated heterocycles. The highest BCUT2D eigenvalue weighted by Crippen LogP contribution is 2.23. The predicted molar refractivity (Wildman–Crippen MR) is 107 cm³/mol. The molecule has 27 heavy (non-hydrogen) atoms. The Morgan fingerprint density at radius 2 is 1.11 bits per heavy atom. The highest BCUT2D eigenvalue weighted by Gasteiger charge is 2.05. The summed E-state index contributed by atoms with van der Waals surface area (Å²) in [6, 6.07) is 18.5. The summed E-state index contributed by atoms with van der Waals surface area (Å²) in [5.41, 5.74) is 16.1. The molecule has 0 bridgehead atoms. The molecule has 0 radical (unpaired) electrons. The van der Waals surface area contributed by atoms with E-state index in [2.05, 4.69) is 15.3 Å². The number of pyridine rings is 1. The summed E-state index contributed by atoms with van der Waals surface area (Å²) < 4.78 is 0. The lowest BCUT2D eigenvalue weighted by atomic mass is 10.0. The first-order valence-corrected chi connectivity index (χ1v) is 7.75. The Balaban J connectivity index is 0.00000261. The van der Waals surface area contributed by atoms with Gasteiger partial charge in [0.1, 0.15) is 0 Å². The number of nitrogens with zero attached hydrogens (tertiary/aromatic N) is 3. The Labute approximate surface area is 162 Å². The van der Waals surface area contributed by atoms with E-state index < -0.39 is 0 Å². The molecule has 0 aliphatic carbocycles. The first-order chi connectivity index (χ1) is 12.6. The minimum Gasteiger partial charge on any atom is -0.409 e. The molecule has 3 rings (SSSR count). The van der Waals surface area contributed by atoms with Crippen LogP contribution in [0.3, 0.4) is 0 Å². The van der Waals surface area contributed by atoms with Crippen LogP contribution in [0.5, 0.6) is 0 Å². The number of hydrogen-bond acceptors (Lipinski definition) is 5. The van der Waals surface area contributed by atoms with E-state index in [0.717, 1.165) is 22.4 Å². The fourth-order valence-corrected chi connectivity index (χ4v) is 2.50. The maximum Gasteiger partial charge on any atom is 0.170 e. The van der Waals surface area contributed by atoms with Gasteiger partial charge in [0.25, 0.3) is 0 Å². The molecule has 0 unspecified atom stereocenters. The first kappa shape index (κ1) is 19.7.